The van der Waals surface area contributed by atoms with Crippen LogP contribution in [-0.2, 0) is 21.4 Å². The van der Waals surface area contributed by atoms with Crippen LogP contribution in [0.5, 0.6) is 0 Å². The molecule has 28 heavy (non-hydrogen) atoms. The fourth-order valence-corrected chi connectivity index (χ4v) is 3.64. The molecule has 0 aliphatic carbocycles. The lowest BCUT2D eigenvalue weighted by molar-refractivity contribution is -0.121. The molecule has 1 aromatic heterocycles. The van der Waals surface area contributed by atoms with Crippen LogP contribution < -0.4 is 15.6 Å². The van der Waals surface area contributed by atoms with E-state index in [1.165, 1.54) is 42.5 Å². The Hall–Kier alpha value is -3.04. The number of carbonyl (C=O) groups is 1. The maximum atomic E-state index is 12.8. The van der Waals surface area contributed by atoms with E-state index in [0.717, 1.165) is 5.56 Å². The minimum Gasteiger partial charge on any atom is -0.352 e. The number of pyridine rings is 1. The molecule has 3 rings (SSSR count). The third kappa shape index (κ3) is 5.02. The highest BCUT2D eigenvalue weighted by atomic mass is 32.2. The van der Waals surface area contributed by atoms with Gasteiger partial charge in [0.25, 0.3) is 0 Å². The maximum absolute atomic E-state index is 12.8. The van der Waals surface area contributed by atoms with Crippen LogP contribution in [0.2, 0.25) is 0 Å². The van der Waals surface area contributed by atoms with Gasteiger partial charge in [0.1, 0.15) is 5.82 Å². The molecule has 1 heterocycles. The largest absolute Gasteiger partial charge is 0.352 e. The van der Waals surface area contributed by atoms with Gasteiger partial charge in [0.05, 0.1) is 4.90 Å². The molecule has 0 spiro atoms. The van der Waals surface area contributed by atoms with Crippen molar-refractivity contribution in [2.45, 2.75) is 17.9 Å². The molecule has 0 bridgehead atoms. The summed E-state index contributed by atoms with van der Waals surface area (Å²) >= 11 is 0. The normalized spacial score (nSPS) is 11.5. The molecular formula is C19H18FN3O4S. The zero-order valence-electron chi connectivity index (χ0n) is 14.7. The number of H-pyrrole nitrogens is 1. The molecule has 2 aromatic carbocycles. The third-order valence-electron chi connectivity index (χ3n) is 4.05. The van der Waals surface area contributed by atoms with Crippen LogP contribution in [0.25, 0.3) is 10.9 Å². The van der Waals surface area contributed by atoms with E-state index in [2.05, 4.69) is 15.0 Å². The van der Waals surface area contributed by atoms with Gasteiger partial charge >= 0.3 is 0 Å². The zero-order chi connectivity index (χ0) is 20.1. The molecule has 1 amide bonds. The number of rotatable bonds is 7. The first kappa shape index (κ1) is 19.7. The lowest BCUT2D eigenvalue weighted by atomic mass is 10.2. The van der Waals surface area contributed by atoms with Crippen molar-refractivity contribution in [2.75, 3.05) is 6.54 Å². The molecule has 0 atom stereocenters. The van der Waals surface area contributed by atoms with Crippen molar-refractivity contribution in [3.8, 4) is 0 Å². The highest BCUT2D eigenvalue weighted by Crippen LogP contribution is 2.16. The lowest BCUT2D eigenvalue weighted by Gasteiger charge is -2.08. The summed E-state index contributed by atoms with van der Waals surface area (Å²) in [7, 11) is -3.79. The number of halogens is 1. The Bertz CT molecular complexity index is 1160. The Labute approximate surface area is 160 Å². The number of aromatic nitrogens is 1. The number of benzene rings is 2. The summed E-state index contributed by atoms with van der Waals surface area (Å²) in [5, 5.41) is 3.23. The number of carbonyl (C=O) groups excluding carboxylic acids is 1. The zero-order valence-corrected chi connectivity index (χ0v) is 15.6. The number of sulfonamides is 1. The van der Waals surface area contributed by atoms with E-state index in [1.807, 2.05) is 0 Å². The molecule has 0 saturated carbocycles. The van der Waals surface area contributed by atoms with Crippen molar-refractivity contribution in [2.24, 2.45) is 0 Å². The van der Waals surface area contributed by atoms with Gasteiger partial charge in [-0.15, -0.1) is 0 Å². The van der Waals surface area contributed by atoms with Crippen molar-refractivity contribution in [3.05, 3.63) is 76.3 Å². The van der Waals surface area contributed by atoms with Gasteiger partial charge in [0.15, 0.2) is 0 Å². The van der Waals surface area contributed by atoms with Gasteiger partial charge < -0.3 is 10.3 Å². The molecule has 3 aromatic rings. The molecule has 7 nitrogen and oxygen atoms in total. The number of amides is 1. The van der Waals surface area contributed by atoms with E-state index in [0.29, 0.717) is 10.9 Å². The standard InChI is InChI=1S/C19H18FN3O4S/c20-15-4-1-13(2-5-15)12-21-18(24)9-10-22-28(26,27)16-6-7-17-14(11-16)3-8-19(25)23-17/h1-8,11,22H,9-10,12H2,(H,21,24)(H,23,25). The van der Waals surface area contributed by atoms with Gasteiger partial charge in [0.2, 0.25) is 21.5 Å². The second kappa shape index (κ2) is 8.32. The smallest absolute Gasteiger partial charge is 0.248 e. The molecule has 3 N–H and O–H groups in total. The van der Waals surface area contributed by atoms with E-state index in [9.17, 15) is 22.4 Å². The number of fused-ring (bicyclic) bond motifs is 1. The molecule has 0 aliphatic heterocycles. The Balaban J connectivity index is 1.54. The fraction of sp³-hybridized carbons (Fsp3) is 0.158. The van der Waals surface area contributed by atoms with Crippen molar-refractivity contribution < 1.29 is 17.6 Å². The quantitative estimate of drug-likeness (QED) is 0.557. The van der Waals surface area contributed by atoms with Crippen LogP contribution in [0.3, 0.4) is 0 Å². The van der Waals surface area contributed by atoms with Gasteiger partial charge in [-0.3, -0.25) is 9.59 Å². The minimum atomic E-state index is -3.79. The first-order valence-electron chi connectivity index (χ1n) is 8.47. The first-order valence-corrected chi connectivity index (χ1v) is 9.96. The summed E-state index contributed by atoms with van der Waals surface area (Å²) in [6.07, 6.45) is -0.0404. The van der Waals surface area contributed by atoms with Crippen LogP contribution in [-0.4, -0.2) is 25.9 Å². The Morgan fingerprint density at radius 1 is 1.04 bits per heavy atom. The molecule has 146 valence electrons. The van der Waals surface area contributed by atoms with Gasteiger partial charge in [-0.25, -0.2) is 17.5 Å². The molecule has 0 aliphatic rings. The van der Waals surface area contributed by atoms with Crippen molar-refractivity contribution in [1.82, 2.24) is 15.0 Å². The second-order valence-corrected chi connectivity index (χ2v) is 7.89. The van der Waals surface area contributed by atoms with Crippen LogP contribution in [0, 0.1) is 5.82 Å². The summed E-state index contributed by atoms with van der Waals surface area (Å²) in [6, 6.07) is 12.9. The molecule has 0 unspecified atom stereocenters. The summed E-state index contributed by atoms with van der Waals surface area (Å²) in [4.78, 5) is 25.8. The number of aromatic amines is 1. The molecule has 0 saturated heterocycles. The highest BCUT2D eigenvalue weighted by Gasteiger charge is 2.15. The molecule has 0 radical (unpaired) electrons. The SMILES string of the molecule is O=C(CCNS(=O)(=O)c1ccc2[nH]c(=O)ccc2c1)NCc1ccc(F)cc1. The van der Waals surface area contributed by atoms with Gasteiger partial charge in [-0.05, 0) is 47.3 Å². The topological polar surface area (TPSA) is 108 Å². The molecule has 9 heteroatoms. The van der Waals surface area contributed by atoms with Gasteiger partial charge in [-0.2, -0.15) is 0 Å². The van der Waals surface area contributed by atoms with Gasteiger partial charge in [-0.1, -0.05) is 12.1 Å². The van der Waals surface area contributed by atoms with Crippen LogP contribution in [0.1, 0.15) is 12.0 Å². The van der Waals surface area contributed by atoms with Crippen LogP contribution >= 0.6 is 0 Å². The van der Waals surface area contributed by atoms with Crippen LogP contribution in [0.4, 0.5) is 4.39 Å². The molecule has 0 fully saturated rings. The first-order chi connectivity index (χ1) is 13.3. The molecular weight excluding hydrogens is 385 g/mol. The minimum absolute atomic E-state index is 0.0404. The third-order valence-corrected chi connectivity index (χ3v) is 5.51. The van der Waals surface area contributed by atoms with Crippen LogP contribution in [0.15, 0.2) is 64.3 Å². The van der Waals surface area contributed by atoms with E-state index in [4.69, 9.17) is 0 Å². The number of hydrogen-bond acceptors (Lipinski definition) is 4. The Morgan fingerprint density at radius 2 is 1.79 bits per heavy atom. The maximum Gasteiger partial charge on any atom is 0.248 e. The average Bonchev–Trinajstić information content (AvgIpc) is 2.67. The number of nitrogens with one attached hydrogen (secondary N) is 3. The fourth-order valence-electron chi connectivity index (χ4n) is 2.57. The van der Waals surface area contributed by atoms with Gasteiger partial charge in [0, 0.05) is 31.1 Å². The predicted octanol–water partition coefficient (Wildman–Crippen LogP) is 1.65. The van der Waals surface area contributed by atoms with Crippen molar-refractivity contribution >= 4 is 26.8 Å². The Kier molecular flexibility index (Phi) is 5.86. The highest BCUT2D eigenvalue weighted by molar-refractivity contribution is 7.89. The predicted molar refractivity (Wildman–Crippen MR) is 103 cm³/mol. The summed E-state index contributed by atoms with van der Waals surface area (Å²) < 4.78 is 40.0. The summed E-state index contributed by atoms with van der Waals surface area (Å²) in [5.74, 6) is -0.687. The van der Waals surface area contributed by atoms with Crippen molar-refractivity contribution in [1.29, 1.82) is 0 Å². The summed E-state index contributed by atoms with van der Waals surface area (Å²) in [5.41, 5.74) is 1.00. The van der Waals surface area contributed by atoms with E-state index in [-0.39, 0.29) is 41.7 Å². The van der Waals surface area contributed by atoms with Crippen molar-refractivity contribution in [3.63, 3.8) is 0 Å². The monoisotopic (exact) mass is 403 g/mol. The van der Waals surface area contributed by atoms with E-state index < -0.39 is 10.0 Å². The number of hydrogen-bond donors (Lipinski definition) is 3. The van der Waals surface area contributed by atoms with E-state index >= 15 is 0 Å². The average molecular weight is 403 g/mol. The lowest BCUT2D eigenvalue weighted by Crippen LogP contribution is -2.30. The Morgan fingerprint density at radius 3 is 2.54 bits per heavy atom. The summed E-state index contributed by atoms with van der Waals surface area (Å²) in [6.45, 7) is 0.163. The van der Waals surface area contributed by atoms with E-state index in [1.54, 1.807) is 12.1 Å². The second-order valence-electron chi connectivity index (χ2n) is 6.12.